The molecule has 0 saturated heterocycles. The van der Waals surface area contributed by atoms with Gasteiger partial charge in [-0.2, -0.15) is 0 Å². The molecule has 0 aliphatic heterocycles. The molecule has 0 radical (unpaired) electrons. The molecule has 0 atom stereocenters. The van der Waals surface area contributed by atoms with Crippen molar-refractivity contribution in [2.24, 2.45) is 5.16 Å². The van der Waals surface area contributed by atoms with Gasteiger partial charge in [0.2, 0.25) is 5.60 Å². The molecular formula is C8H13NO3. The molecule has 1 saturated carbocycles. The lowest BCUT2D eigenvalue weighted by molar-refractivity contribution is -0.178. The third kappa shape index (κ3) is 1.57. The zero-order chi connectivity index (χ0) is 9.19. The molecule has 4 heteroatoms. The Bertz CT molecular complexity index is 214. The summed E-state index contributed by atoms with van der Waals surface area (Å²) < 4.78 is 0. The van der Waals surface area contributed by atoms with Crippen molar-refractivity contribution in [3.05, 3.63) is 0 Å². The Morgan fingerprint density at radius 1 is 1.50 bits per heavy atom. The van der Waals surface area contributed by atoms with E-state index in [2.05, 4.69) is 5.16 Å². The van der Waals surface area contributed by atoms with E-state index in [9.17, 15) is 4.79 Å². The molecule has 1 N–H and O–H groups in total. The van der Waals surface area contributed by atoms with Crippen molar-refractivity contribution in [2.45, 2.75) is 38.7 Å². The van der Waals surface area contributed by atoms with Crippen LogP contribution in [-0.2, 0) is 9.63 Å². The highest BCUT2D eigenvalue weighted by Crippen LogP contribution is 2.36. The highest BCUT2D eigenvalue weighted by Gasteiger charge is 2.47. The minimum atomic E-state index is -1.02. The maximum atomic E-state index is 10.7. The molecule has 12 heavy (non-hydrogen) atoms. The van der Waals surface area contributed by atoms with Gasteiger partial charge in [-0.25, -0.2) is 4.79 Å². The van der Waals surface area contributed by atoms with Gasteiger partial charge < -0.3 is 9.94 Å². The molecule has 0 unspecified atom stereocenters. The second-order valence-electron chi connectivity index (χ2n) is 3.28. The van der Waals surface area contributed by atoms with Gasteiger partial charge in [0, 0.05) is 12.8 Å². The van der Waals surface area contributed by atoms with Crippen LogP contribution in [-0.4, -0.2) is 22.4 Å². The van der Waals surface area contributed by atoms with Crippen LogP contribution in [0.25, 0.3) is 0 Å². The third-order valence-electron chi connectivity index (χ3n) is 1.95. The van der Waals surface area contributed by atoms with Crippen molar-refractivity contribution in [1.82, 2.24) is 0 Å². The maximum absolute atomic E-state index is 10.7. The second kappa shape index (κ2) is 3.13. The minimum absolute atomic E-state index is 0.569. The van der Waals surface area contributed by atoms with Gasteiger partial charge in [-0.3, -0.25) is 0 Å². The van der Waals surface area contributed by atoms with E-state index in [4.69, 9.17) is 9.94 Å². The smallest absolute Gasteiger partial charge is 0.350 e. The van der Waals surface area contributed by atoms with Crippen molar-refractivity contribution < 1.29 is 14.7 Å². The largest absolute Gasteiger partial charge is 0.478 e. The number of carboxylic acid groups (broad SMARTS) is 1. The first-order valence-corrected chi connectivity index (χ1v) is 4.00. The Morgan fingerprint density at radius 3 is 2.33 bits per heavy atom. The zero-order valence-electron chi connectivity index (χ0n) is 7.33. The monoisotopic (exact) mass is 171 g/mol. The first-order valence-electron chi connectivity index (χ1n) is 4.00. The lowest BCUT2D eigenvalue weighted by Crippen LogP contribution is -2.46. The molecule has 0 heterocycles. The van der Waals surface area contributed by atoms with E-state index >= 15 is 0 Å². The summed E-state index contributed by atoms with van der Waals surface area (Å²) >= 11 is 0. The number of aliphatic carboxylic acids is 1. The number of hydrogen-bond donors (Lipinski definition) is 1. The average Bonchev–Trinajstić information content (AvgIpc) is 1.83. The molecule has 1 aliphatic carbocycles. The lowest BCUT2D eigenvalue weighted by Gasteiger charge is -2.34. The molecule has 0 amide bonds. The summed E-state index contributed by atoms with van der Waals surface area (Å²) in [6.07, 6.45) is 2.04. The fourth-order valence-electron chi connectivity index (χ4n) is 1.02. The number of oxime groups is 1. The van der Waals surface area contributed by atoms with E-state index < -0.39 is 11.6 Å². The van der Waals surface area contributed by atoms with Crippen LogP contribution in [0.4, 0.5) is 0 Å². The molecule has 68 valence electrons. The number of rotatable bonds is 3. The van der Waals surface area contributed by atoms with Crippen LogP contribution >= 0.6 is 0 Å². The zero-order valence-corrected chi connectivity index (χ0v) is 7.33. The standard InChI is InChI=1S/C8H13NO3/c1-6(2)9-12-8(7(10)11)4-3-5-8/h3-5H2,1-2H3,(H,10,11). The van der Waals surface area contributed by atoms with Gasteiger partial charge in [-0.05, 0) is 20.3 Å². The Balaban J connectivity index is 2.57. The first kappa shape index (κ1) is 9.03. The summed E-state index contributed by atoms with van der Waals surface area (Å²) in [6.45, 7) is 3.54. The van der Waals surface area contributed by atoms with Crippen LogP contribution < -0.4 is 0 Å². The molecular weight excluding hydrogens is 158 g/mol. The maximum Gasteiger partial charge on any atom is 0.350 e. The van der Waals surface area contributed by atoms with E-state index in [0.29, 0.717) is 12.8 Å². The van der Waals surface area contributed by atoms with Gasteiger partial charge in [-0.15, -0.1) is 0 Å². The molecule has 0 bridgehead atoms. The van der Waals surface area contributed by atoms with E-state index in [1.54, 1.807) is 13.8 Å². The van der Waals surface area contributed by atoms with Crippen molar-refractivity contribution in [2.75, 3.05) is 0 Å². The summed E-state index contributed by atoms with van der Waals surface area (Å²) in [5.74, 6) is -0.904. The number of carbonyl (C=O) groups is 1. The number of hydrogen-bond acceptors (Lipinski definition) is 3. The third-order valence-corrected chi connectivity index (χ3v) is 1.95. The first-order chi connectivity index (χ1) is 5.57. The van der Waals surface area contributed by atoms with Crippen LogP contribution in [0.15, 0.2) is 5.16 Å². The molecule has 0 aromatic carbocycles. The van der Waals surface area contributed by atoms with Gasteiger partial charge in [0.25, 0.3) is 0 Å². The van der Waals surface area contributed by atoms with Crippen molar-refractivity contribution >= 4 is 11.7 Å². The van der Waals surface area contributed by atoms with Gasteiger partial charge >= 0.3 is 5.97 Å². The van der Waals surface area contributed by atoms with Crippen LogP contribution in [0.3, 0.4) is 0 Å². The Hall–Kier alpha value is -1.06. The second-order valence-corrected chi connectivity index (χ2v) is 3.28. The molecule has 0 spiro atoms. The van der Waals surface area contributed by atoms with E-state index in [0.717, 1.165) is 12.1 Å². The number of carboxylic acids is 1. The normalized spacial score (nSPS) is 19.2. The topological polar surface area (TPSA) is 58.9 Å². The van der Waals surface area contributed by atoms with E-state index in [-0.39, 0.29) is 0 Å². The summed E-state index contributed by atoms with van der Waals surface area (Å²) in [5, 5.41) is 12.5. The summed E-state index contributed by atoms with van der Waals surface area (Å²) in [4.78, 5) is 15.7. The van der Waals surface area contributed by atoms with E-state index in [1.807, 2.05) is 0 Å². The molecule has 1 fully saturated rings. The molecule has 0 aromatic heterocycles. The molecule has 1 rings (SSSR count). The summed E-state index contributed by atoms with van der Waals surface area (Å²) in [7, 11) is 0. The summed E-state index contributed by atoms with van der Waals surface area (Å²) in [5.41, 5.74) is -0.278. The fourth-order valence-corrected chi connectivity index (χ4v) is 1.02. The van der Waals surface area contributed by atoms with E-state index in [1.165, 1.54) is 0 Å². The Morgan fingerprint density at radius 2 is 2.08 bits per heavy atom. The van der Waals surface area contributed by atoms with Crippen LogP contribution in [0.1, 0.15) is 33.1 Å². The average molecular weight is 171 g/mol. The highest BCUT2D eigenvalue weighted by atomic mass is 16.7. The Labute approximate surface area is 71.2 Å². The Kier molecular flexibility index (Phi) is 2.35. The minimum Gasteiger partial charge on any atom is -0.478 e. The molecule has 4 nitrogen and oxygen atoms in total. The predicted molar refractivity (Wildman–Crippen MR) is 44.1 cm³/mol. The summed E-state index contributed by atoms with van der Waals surface area (Å²) in [6, 6.07) is 0. The van der Waals surface area contributed by atoms with Crippen molar-refractivity contribution in [3.8, 4) is 0 Å². The highest BCUT2D eigenvalue weighted by molar-refractivity contribution is 5.80. The van der Waals surface area contributed by atoms with Gasteiger partial charge in [0.05, 0.1) is 5.71 Å². The predicted octanol–water partition coefficient (Wildman–Crippen LogP) is 1.41. The van der Waals surface area contributed by atoms with Crippen LogP contribution in [0.5, 0.6) is 0 Å². The van der Waals surface area contributed by atoms with Gasteiger partial charge in [-0.1, -0.05) is 5.16 Å². The molecule has 0 aromatic rings. The van der Waals surface area contributed by atoms with Crippen molar-refractivity contribution in [1.29, 1.82) is 0 Å². The fraction of sp³-hybridized carbons (Fsp3) is 0.750. The lowest BCUT2D eigenvalue weighted by atomic mass is 9.80. The molecule has 1 aliphatic rings. The SMILES string of the molecule is CC(C)=NOC1(C(=O)O)CCC1. The quantitative estimate of drug-likeness (QED) is 0.516. The van der Waals surface area contributed by atoms with Gasteiger partial charge in [0.15, 0.2) is 0 Å². The number of nitrogens with zero attached hydrogens (tertiary/aromatic N) is 1. The van der Waals surface area contributed by atoms with Gasteiger partial charge in [0.1, 0.15) is 0 Å². The van der Waals surface area contributed by atoms with Crippen LogP contribution in [0.2, 0.25) is 0 Å². The van der Waals surface area contributed by atoms with Crippen molar-refractivity contribution in [3.63, 3.8) is 0 Å². The van der Waals surface area contributed by atoms with Crippen LogP contribution in [0, 0.1) is 0 Å².